The summed E-state index contributed by atoms with van der Waals surface area (Å²) < 4.78 is 0. The van der Waals surface area contributed by atoms with Gasteiger partial charge in [-0.15, -0.1) is 0 Å². The second kappa shape index (κ2) is 9.10. The Morgan fingerprint density at radius 2 is 1.00 bits per heavy atom. The lowest BCUT2D eigenvalue weighted by molar-refractivity contribution is 1.06. The summed E-state index contributed by atoms with van der Waals surface area (Å²) in [4.78, 5) is 0. The van der Waals surface area contributed by atoms with Crippen LogP contribution in [0.4, 0.5) is 0 Å². The van der Waals surface area contributed by atoms with Gasteiger partial charge in [-0.1, -0.05) is 51.4 Å². The molecule has 0 aromatic heterocycles. The van der Waals surface area contributed by atoms with Gasteiger partial charge in [-0.3, -0.25) is 0 Å². The van der Waals surface area contributed by atoms with E-state index >= 15 is 0 Å². The molecule has 0 nitrogen and oxygen atoms in total. The van der Waals surface area contributed by atoms with Crippen LogP contribution < -0.4 is 0 Å². The molecule has 0 heterocycles. The van der Waals surface area contributed by atoms with Crippen LogP contribution >= 0.6 is 23.5 Å². The first-order valence-corrected chi connectivity index (χ1v) is 16.6. The van der Waals surface area contributed by atoms with Crippen LogP contribution in [0.25, 0.3) is 0 Å². The molecule has 0 aliphatic heterocycles. The molecule has 104 valence electrons. The third-order valence-electron chi connectivity index (χ3n) is 2.60. The molecule has 0 aromatic carbocycles. The number of rotatable bonds is 10. The van der Waals surface area contributed by atoms with Gasteiger partial charge < -0.3 is 0 Å². The van der Waals surface area contributed by atoms with Crippen LogP contribution in [0.15, 0.2) is 0 Å². The lowest BCUT2D eigenvalue weighted by Crippen LogP contribution is -2.19. The Kier molecular flexibility index (Phi) is 9.71. The predicted molar refractivity (Wildman–Crippen MR) is 95.3 cm³/mol. The quantitative estimate of drug-likeness (QED) is 0.281. The summed E-state index contributed by atoms with van der Waals surface area (Å²) in [6.45, 7) is 14.9. The van der Waals surface area contributed by atoms with Crippen molar-refractivity contribution in [2.45, 2.75) is 64.2 Å². The van der Waals surface area contributed by atoms with E-state index in [1.54, 1.807) is 0 Å². The monoisotopic (exact) mass is 308 g/mol. The molecule has 0 radical (unpaired) electrons. The normalized spacial score (nSPS) is 13.1. The van der Waals surface area contributed by atoms with Crippen molar-refractivity contribution in [2.75, 3.05) is 16.6 Å². The molecule has 4 heteroatoms. The Balaban J connectivity index is 3.15. The summed E-state index contributed by atoms with van der Waals surface area (Å²) in [5.74, 6) is 2.76. The molecule has 0 saturated carbocycles. The fourth-order valence-electron chi connectivity index (χ4n) is 1.59. The number of thioether (sulfide) groups is 2. The molecule has 0 N–H and O–H groups in total. The van der Waals surface area contributed by atoms with Gasteiger partial charge in [0.1, 0.15) is 0 Å². The van der Waals surface area contributed by atoms with Crippen LogP contribution in [0, 0.1) is 0 Å². The van der Waals surface area contributed by atoms with E-state index in [9.17, 15) is 0 Å². The first kappa shape index (κ1) is 18.1. The first-order chi connectivity index (χ1) is 7.71. The standard InChI is InChI=1S/C13H32S2Si2/c1-16(2,3)11-7-9-14-13-15-10-8-12-17(4,5)6/h7-13H2,1-6H3. The smallest absolute Gasteiger partial charge is 0.0442 e. The molecule has 17 heavy (non-hydrogen) atoms. The first-order valence-electron chi connectivity index (χ1n) is 6.86. The number of hydrogen-bond donors (Lipinski definition) is 0. The Morgan fingerprint density at radius 3 is 1.29 bits per heavy atom. The highest BCUT2D eigenvalue weighted by Crippen LogP contribution is 2.20. The summed E-state index contributed by atoms with van der Waals surface area (Å²) in [5.41, 5.74) is 0. The fourth-order valence-corrected chi connectivity index (χ4v) is 6.68. The zero-order valence-electron chi connectivity index (χ0n) is 12.8. The molecule has 0 unspecified atom stereocenters. The van der Waals surface area contributed by atoms with E-state index in [-0.39, 0.29) is 0 Å². The average molecular weight is 309 g/mol. The van der Waals surface area contributed by atoms with Crippen molar-refractivity contribution in [3.05, 3.63) is 0 Å². The van der Waals surface area contributed by atoms with Crippen LogP contribution in [-0.2, 0) is 0 Å². The number of hydrogen-bond acceptors (Lipinski definition) is 2. The van der Waals surface area contributed by atoms with Crippen LogP contribution in [0.2, 0.25) is 51.4 Å². The topological polar surface area (TPSA) is 0 Å². The van der Waals surface area contributed by atoms with E-state index in [1.807, 2.05) is 0 Å². The minimum absolute atomic E-state index is 0.775. The molecule has 0 aliphatic rings. The molecule has 0 aliphatic carbocycles. The lowest BCUT2D eigenvalue weighted by Gasteiger charge is -2.15. The van der Waals surface area contributed by atoms with Gasteiger partial charge in [-0.25, -0.2) is 0 Å². The van der Waals surface area contributed by atoms with Gasteiger partial charge in [-0.2, -0.15) is 23.5 Å². The van der Waals surface area contributed by atoms with Gasteiger partial charge >= 0.3 is 0 Å². The third kappa shape index (κ3) is 17.1. The third-order valence-corrected chi connectivity index (χ3v) is 8.79. The van der Waals surface area contributed by atoms with Gasteiger partial charge in [0.05, 0.1) is 0 Å². The molecule has 0 saturated heterocycles. The van der Waals surface area contributed by atoms with E-state index in [4.69, 9.17) is 0 Å². The zero-order chi connectivity index (χ0) is 13.4. The van der Waals surface area contributed by atoms with Gasteiger partial charge in [0, 0.05) is 21.2 Å². The molecule has 0 rings (SSSR count). The minimum Gasteiger partial charge on any atom is -0.151 e. The predicted octanol–water partition coefficient (Wildman–Crippen LogP) is 5.87. The Bertz CT molecular complexity index is 163. The van der Waals surface area contributed by atoms with E-state index in [1.165, 1.54) is 41.5 Å². The van der Waals surface area contributed by atoms with Crippen molar-refractivity contribution in [1.82, 2.24) is 0 Å². The second-order valence-electron chi connectivity index (χ2n) is 7.26. The highest BCUT2D eigenvalue weighted by Gasteiger charge is 2.12. The maximum absolute atomic E-state index is 2.48. The summed E-state index contributed by atoms with van der Waals surface area (Å²) in [5, 5.41) is 1.32. The van der Waals surface area contributed by atoms with Crippen molar-refractivity contribution >= 4 is 39.7 Å². The van der Waals surface area contributed by atoms with Crippen molar-refractivity contribution < 1.29 is 0 Å². The highest BCUT2D eigenvalue weighted by atomic mass is 32.2. The van der Waals surface area contributed by atoms with Crippen LogP contribution in [0.3, 0.4) is 0 Å². The SMILES string of the molecule is C[Si](C)(C)CCCSCSCCC[Si](C)(C)C. The molecule has 0 fully saturated rings. The maximum Gasteiger partial charge on any atom is 0.0442 e. The Hall–Kier alpha value is 1.13. The van der Waals surface area contributed by atoms with Crippen LogP contribution in [-0.4, -0.2) is 32.7 Å². The molecule has 0 atom stereocenters. The van der Waals surface area contributed by atoms with Gasteiger partial charge in [0.15, 0.2) is 0 Å². The average Bonchev–Trinajstić information content (AvgIpc) is 2.11. The maximum atomic E-state index is 2.48. The van der Waals surface area contributed by atoms with Crippen molar-refractivity contribution in [2.24, 2.45) is 0 Å². The van der Waals surface area contributed by atoms with Gasteiger partial charge in [0.25, 0.3) is 0 Å². The minimum atomic E-state index is -0.775. The Morgan fingerprint density at radius 1 is 0.647 bits per heavy atom. The molecular formula is C13H32S2Si2. The summed E-state index contributed by atoms with van der Waals surface area (Å²) in [6, 6.07) is 3.00. The van der Waals surface area contributed by atoms with Crippen LogP contribution in [0.1, 0.15) is 12.8 Å². The molecule has 0 spiro atoms. The van der Waals surface area contributed by atoms with E-state index in [0.717, 1.165) is 0 Å². The lowest BCUT2D eigenvalue weighted by atomic mass is 10.6. The van der Waals surface area contributed by atoms with E-state index in [2.05, 4.69) is 62.8 Å². The van der Waals surface area contributed by atoms with Crippen molar-refractivity contribution in [3.63, 3.8) is 0 Å². The molecule has 0 aromatic rings. The molecular weight excluding hydrogens is 276 g/mol. The zero-order valence-corrected chi connectivity index (χ0v) is 16.4. The van der Waals surface area contributed by atoms with Gasteiger partial charge in [-0.05, 0) is 24.3 Å². The van der Waals surface area contributed by atoms with E-state index < -0.39 is 16.1 Å². The fraction of sp³-hybridized carbons (Fsp3) is 1.00. The second-order valence-corrected chi connectivity index (χ2v) is 21.1. The molecule has 0 amide bonds. The van der Waals surface area contributed by atoms with E-state index in [0.29, 0.717) is 0 Å². The van der Waals surface area contributed by atoms with Crippen molar-refractivity contribution in [3.8, 4) is 0 Å². The Labute approximate surface area is 120 Å². The summed E-state index contributed by atoms with van der Waals surface area (Å²) in [7, 11) is -1.55. The van der Waals surface area contributed by atoms with Crippen molar-refractivity contribution in [1.29, 1.82) is 0 Å². The molecule has 0 bridgehead atoms. The van der Waals surface area contributed by atoms with Gasteiger partial charge in [0.2, 0.25) is 0 Å². The highest BCUT2D eigenvalue weighted by molar-refractivity contribution is 8.15. The summed E-state index contributed by atoms with van der Waals surface area (Å²) in [6.07, 6.45) is 2.88. The largest absolute Gasteiger partial charge is 0.151 e. The van der Waals surface area contributed by atoms with Crippen LogP contribution in [0.5, 0.6) is 0 Å². The summed E-state index contributed by atoms with van der Waals surface area (Å²) >= 11 is 4.30.